The number of halogens is 2. The van der Waals surface area contributed by atoms with Crippen molar-refractivity contribution in [2.24, 2.45) is 5.41 Å². The predicted octanol–water partition coefficient (Wildman–Crippen LogP) is 2.44. The molecule has 2 aliphatic heterocycles. The molecule has 0 bridgehead atoms. The molecule has 2 N–H and O–H groups in total. The summed E-state index contributed by atoms with van der Waals surface area (Å²) in [6.45, 7) is 4.46. The molecule has 8 nitrogen and oxygen atoms in total. The average molecular weight is 452 g/mol. The Morgan fingerprint density at radius 2 is 1.97 bits per heavy atom. The van der Waals surface area contributed by atoms with E-state index in [2.05, 4.69) is 41.0 Å². The van der Waals surface area contributed by atoms with Crippen LogP contribution < -0.4 is 4.90 Å². The topological polar surface area (TPSA) is 94.1 Å². The minimum absolute atomic E-state index is 0. The lowest BCUT2D eigenvalue weighted by Gasteiger charge is -2.49. The van der Waals surface area contributed by atoms with Crippen molar-refractivity contribution in [2.45, 2.75) is 31.9 Å². The van der Waals surface area contributed by atoms with Crippen LogP contribution in [-0.4, -0.2) is 67.4 Å². The second-order valence-electron chi connectivity index (χ2n) is 8.15. The summed E-state index contributed by atoms with van der Waals surface area (Å²) in [5, 5.41) is 19.1. The number of H-pyrrole nitrogens is 1. The summed E-state index contributed by atoms with van der Waals surface area (Å²) in [6.07, 6.45) is 9.67. The van der Waals surface area contributed by atoms with Crippen molar-refractivity contribution >= 4 is 41.7 Å². The molecule has 30 heavy (non-hydrogen) atoms. The van der Waals surface area contributed by atoms with E-state index in [1.54, 1.807) is 24.8 Å². The highest BCUT2D eigenvalue weighted by Crippen LogP contribution is 2.41. The predicted molar refractivity (Wildman–Crippen MR) is 120 cm³/mol. The number of hydrogen-bond donors (Lipinski definition) is 2. The van der Waals surface area contributed by atoms with Gasteiger partial charge in [-0.25, -0.2) is 9.97 Å². The number of β-amino-alcohol motifs (C(OH)–C–C–N with tert-alkyl or cyclic N) is 1. The van der Waals surface area contributed by atoms with Crippen molar-refractivity contribution in [3.8, 4) is 0 Å². The maximum absolute atomic E-state index is 10.5. The normalized spacial score (nSPS) is 21.2. The minimum atomic E-state index is -0.315. The van der Waals surface area contributed by atoms with Gasteiger partial charge in [0.25, 0.3) is 0 Å². The molecule has 162 valence electrons. The van der Waals surface area contributed by atoms with E-state index >= 15 is 0 Å². The zero-order valence-corrected chi connectivity index (χ0v) is 18.3. The summed E-state index contributed by atoms with van der Waals surface area (Å²) in [4.78, 5) is 17.6. The Morgan fingerprint density at radius 1 is 1.13 bits per heavy atom. The van der Waals surface area contributed by atoms with Gasteiger partial charge in [0.2, 0.25) is 0 Å². The van der Waals surface area contributed by atoms with E-state index in [-0.39, 0.29) is 36.3 Å². The first kappa shape index (κ1) is 22.7. The number of likely N-dealkylation sites (tertiary alicyclic amines) is 1. The number of nitrogens with one attached hydrogen (secondary N) is 1. The van der Waals surface area contributed by atoms with E-state index in [1.165, 1.54) is 0 Å². The van der Waals surface area contributed by atoms with Gasteiger partial charge in [-0.3, -0.25) is 15.0 Å². The second-order valence-corrected chi connectivity index (χ2v) is 8.15. The van der Waals surface area contributed by atoms with Crippen molar-refractivity contribution in [1.82, 2.24) is 30.0 Å². The largest absolute Gasteiger partial charge is 0.391 e. The Hall–Kier alpha value is -2.00. The molecule has 1 spiro atoms. The number of piperidine rings is 2. The van der Waals surface area contributed by atoms with Gasteiger partial charge in [0.1, 0.15) is 5.82 Å². The molecule has 2 saturated heterocycles. The van der Waals surface area contributed by atoms with E-state index in [9.17, 15) is 5.11 Å². The van der Waals surface area contributed by atoms with Crippen LogP contribution >= 0.6 is 24.8 Å². The zero-order valence-electron chi connectivity index (χ0n) is 16.6. The number of fused-ring (bicyclic) bond motifs is 1. The van der Waals surface area contributed by atoms with Crippen molar-refractivity contribution in [3.05, 3.63) is 42.6 Å². The van der Waals surface area contributed by atoms with Gasteiger partial charge in [-0.2, -0.15) is 5.10 Å². The lowest BCUT2D eigenvalue weighted by atomic mass is 9.71. The third-order valence-electron chi connectivity index (χ3n) is 6.21. The maximum atomic E-state index is 10.5. The van der Waals surface area contributed by atoms with Gasteiger partial charge in [-0.05, 0) is 49.9 Å². The maximum Gasteiger partial charge on any atom is 0.181 e. The Balaban J connectivity index is 0.00000128. The fourth-order valence-electron chi connectivity index (χ4n) is 4.78. The Bertz CT molecular complexity index is 946. The smallest absolute Gasteiger partial charge is 0.181 e. The van der Waals surface area contributed by atoms with Crippen molar-refractivity contribution < 1.29 is 5.11 Å². The first-order chi connectivity index (χ1) is 13.7. The molecule has 0 radical (unpaired) electrons. The molecule has 0 amide bonds. The Morgan fingerprint density at radius 3 is 2.73 bits per heavy atom. The van der Waals surface area contributed by atoms with Crippen LogP contribution in [0.25, 0.3) is 11.0 Å². The van der Waals surface area contributed by atoms with Gasteiger partial charge in [0, 0.05) is 43.6 Å². The van der Waals surface area contributed by atoms with Crippen LogP contribution in [-0.2, 0) is 6.54 Å². The van der Waals surface area contributed by atoms with Crippen LogP contribution in [0.4, 0.5) is 5.82 Å². The summed E-state index contributed by atoms with van der Waals surface area (Å²) in [5.41, 5.74) is 2.05. The van der Waals surface area contributed by atoms with Crippen molar-refractivity contribution in [2.75, 3.05) is 31.1 Å². The molecular formula is C20H27Cl2N7O. The van der Waals surface area contributed by atoms with Gasteiger partial charge in [-0.15, -0.1) is 24.8 Å². The standard InChI is InChI=1S/C20H25N7O.2ClH/c28-15-10-20(14-27(12-15)18-11-21-6-7-22-18)3-8-26(9-4-20)13-17-16-2-1-5-23-19(16)25-24-17;;/h1-2,5-7,11,15,28H,3-4,8-10,12-14H2,(H,23,24,25);2*1H. The number of aliphatic hydroxyl groups is 1. The van der Waals surface area contributed by atoms with Crippen LogP contribution in [0, 0.1) is 5.41 Å². The van der Waals surface area contributed by atoms with Crippen molar-refractivity contribution in [3.63, 3.8) is 0 Å². The van der Waals surface area contributed by atoms with Crippen LogP contribution in [0.2, 0.25) is 0 Å². The highest BCUT2D eigenvalue weighted by Gasteiger charge is 2.42. The molecule has 1 atom stereocenters. The van der Waals surface area contributed by atoms with Gasteiger partial charge in [0.05, 0.1) is 18.0 Å². The van der Waals surface area contributed by atoms with E-state index in [0.29, 0.717) is 6.54 Å². The quantitative estimate of drug-likeness (QED) is 0.631. The first-order valence-electron chi connectivity index (χ1n) is 9.90. The van der Waals surface area contributed by atoms with E-state index in [0.717, 1.165) is 68.0 Å². The number of aromatic amines is 1. The number of nitrogens with zero attached hydrogens (tertiary/aromatic N) is 6. The summed E-state index contributed by atoms with van der Waals surface area (Å²) in [5.74, 6) is 0.861. The van der Waals surface area contributed by atoms with Gasteiger partial charge in [-0.1, -0.05) is 0 Å². The fourth-order valence-corrected chi connectivity index (χ4v) is 4.78. The molecular weight excluding hydrogens is 425 g/mol. The number of rotatable bonds is 3. The molecule has 0 saturated carbocycles. The van der Waals surface area contributed by atoms with Gasteiger partial charge >= 0.3 is 0 Å². The molecule has 1 unspecified atom stereocenters. The second kappa shape index (κ2) is 9.43. The molecule has 5 heterocycles. The lowest BCUT2D eigenvalue weighted by molar-refractivity contribution is 0.0242. The van der Waals surface area contributed by atoms with Crippen LogP contribution in [0.1, 0.15) is 25.0 Å². The lowest BCUT2D eigenvalue weighted by Crippen LogP contribution is -2.54. The van der Waals surface area contributed by atoms with Gasteiger partial charge in [0.15, 0.2) is 5.65 Å². The molecule has 10 heteroatoms. The number of aromatic nitrogens is 5. The molecule has 0 aromatic carbocycles. The van der Waals surface area contributed by atoms with Crippen LogP contribution in [0.5, 0.6) is 0 Å². The van der Waals surface area contributed by atoms with Crippen molar-refractivity contribution in [1.29, 1.82) is 0 Å². The number of anilines is 1. The summed E-state index contributed by atoms with van der Waals surface area (Å²) < 4.78 is 0. The Kier molecular flexibility index (Phi) is 7.13. The van der Waals surface area contributed by atoms with E-state index < -0.39 is 0 Å². The highest BCUT2D eigenvalue weighted by molar-refractivity contribution is 5.85. The third kappa shape index (κ3) is 4.51. The number of pyridine rings is 1. The zero-order chi connectivity index (χ0) is 19.0. The summed E-state index contributed by atoms with van der Waals surface area (Å²) in [6, 6.07) is 4.03. The minimum Gasteiger partial charge on any atom is -0.391 e. The molecule has 2 aliphatic rings. The highest BCUT2D eigenvalue weighted by atomic mass is 35.5. The van der Waals surface area contributed by atoms with Crippen LogP contribution in [0.3, 0.4) is 0 Å². The van der Waals surface area contributed by atoms with Crippen LogP contribution in [0.15, 0.2) is 36.9 Å². The summed E-state index contributed by atoms with van der Waals surface area (Å²) >= 11 is 0. The van der Waals surface area contributed by atoms with E-state index in [4.69, 9.17) is 0 Å². The Labute approximate surface area is 187 Å². The SMILES string of the molecule is Cl.Cl.OC1CN(c2cnccn2)CC2(CCN(Cc3[nH]nc4ncccc34)CC2)C1. The number of hydrogen-bond acceptors (Lipinski definition) is 7. The van der Waals surface area contributed by atoms with Gasteiger partial charge < -0.3 is 10.0 Å². The average Bonchev–Trinajstić information content (AvgIpc) is 3.13. The first-order valence-corrected chi connectivity index (χ1v) is 9.90. The molecule has 3 aromatic heterocycles. The van der Waals surface area contributed by atoms with E-state index in [1.807, 2.05) is 6.07 Å². The third-order valence-corrected chi connectivity index (χ3v) is 6.21. The molecule has 3 aromatic rings. The molecule has 2 fully saturated rings. The molecule has 5 rings (SSSR count). The fraction of sp³-hybridized carbons (Fsp3) is 0.500. The summed E-state index contributed by atoms with van der Waals surface area (Å²) in [7, 11) is 0. The molecule has 0 aliphatic carbocycles. The monoisotopic (exact) mass is 451 g/mol. The number of aliphatic hydroxyl groups excluding tert-OH is 1.